The Kier molecular flexibility index (Phi) is 3.24. The van der Waals surface area contributed by atoms with Gasteiger partial charge in [-0.05, 0) is 13.8 Å². The summed E-state index contributed by atoms with van der Waals surface area (Å²) in [5, 5.41) is 3.80. The molecule has 1 rings (SSSR count). The first kappa shape index (κ1) is 9.21. The minimum absolute atomic E-state index is 0.788. The third-order valence-corrected chi connectivity index (χ3v) is 1.71. The Balaban J connectivity index is 2.82. The van der Waals surface area contributed by atoms with Gasteiger partial charge in [0.2, 0.25) is 0 Å². The highest BCUT2D eigenvalue weighted by Crippen LogP contribution is 2.09. The first-order chi connectivity index (χ1) is 5.75. The van der Waals surface area contributed by atoms with Gasteiger partial charge in [0, 0.05) is 12.2 Å². The summed E-state index contributed by atoms with van der Waals surface area (Å²) in [4.78, 5) is 0. The summed E-state index contributed by atoms with van der Waals surface area (Å²) in [6, 6.07) is 0. The SMILES string of the molecule is Cc1noc(C)c1C#CCCS. The van der Waals surface area contributed by atoms with Crippen molar-refractivity contribution in [2.45, 2.75) is 20.3 Å². The van der Waals surface area contributed by atoms with Crippen molar-refractivity contribution in [3.63, 3.8) is 0 Å². The summed E-state index contributed by atoms with van der Waals surface area (Å²) in [5.74, 6) is 7.58. The molecule has 12 heavy (non-hydrogen) atoms. The first-order valence-corrected chi connectivity index (χ1v) is 4.41. The maximum Gasteiger partial charge on any atom is 0.149 e. The second kappa shape index (κ2) is 4.22. The van der Waals surface area contributed by atoms with E-state index in [1.807, 2.05) is 13.8 Å². The van der Waals surface area contributed by atoms with Gasteiger partial charge in [-0.2, -0.15) is 12.6 Å². The number of hydrogen-bond donors (Lipinski definition) is 1. The lowest BCUT2D eigenvalue weighted by atomic mass is 10.2. The molecule has 0 radical (unpaired) electrons. The second-order valence-electron chi connectivity index (χ2n) is 2.47. The van der Waals surface area contributed by atoms with Crippen molar-refractivity contribution in [2.75, 3.05) is 5.75 Å². The van der Waals surface area contributed by atoms with E-state index in [0.717, 1.165) is 29.2 Å². The highest BCUT2D eigenvalue weighted by atomic mass is 32.1. The molecular weight excluding hydrogens is 170 g/mol. The molecule has 0 aliphatic heterocycles. The Hall–Kier alpha value is -0.880. The molecule has 3 heteroatoms. The van der Waals surface area contributed by atoms with Crippen LogP contribution in [0.5, 0.6) is 0 Å². The van der Waals surface area contributed by atoms with Crippen LogP contribution in [0, 0.1) is 25.7 Å². The van der Waals surface area contributed by atoms with Crippen molar-refractivity contribution in [1.29, 1.82) is 0 Å². The van der Waals surface area contributed by atoms with Crippen LogP contribution in [0.15, 0.2) is 4.52 Å². The summed E-state index contributed by atoms with van der Waals surface area (Å²) in [6.45, 7) is 3.76. The standard InChI is InChI=1S/C9H11NOS/c1-7-9(5-3-4-6-12)8(2)11-10-7/h12H,4,6H2,1-2H3. The molecule has 1 heterocycles. The third-order valence-electron chi connectivity index (χ3n) is 1.48. The third kappa shape index (κ3) is 2.05. The fourth-order valence-corrected chi connectivity index (χ4v) is 0.980. The van der Waals surface area contributed by atoms with Crippen molar-refractivity contribution < 1.29 is 4.52 Å². The van der Waals surface area contributed by atoms with E-state index in [2.05, 4.69) is 29.6 Å². The van der Waals surface area contributed by atoms with Crippen molar-refractivity contribution in [3.8, 4) is 11.8 Å². The maximum atomic E-state index is 4.95. The lowest BCUT2D eigenvalue weighted by Gasteiger charge is -1.83. The minimum atomic E-state index is 0.788. The molecule has 1 aromatic heterocycles. The summed E-state index contributed by atoms with van der Waals surface area (Å²) >= 11 is 4.06. The average Bonchev–Trinajstić information content (AvgIpc) is 2.35. The van der Waals surface area contributed by atoms with Crippen LogP contribution >= 0.6 is 12.6 Å². The fourth-order valence-electron chi connectivity index (χ4n) is 0.868. The van der Waals surface area contributed by atoms with E-state index in [1.54, 1.807) is 0 Å². The topological polar surface area (TPSA) is 26.0 Å². The molecule has 0 unspecified atom stereocenters. The van der Waals surface area contributed by atoms with E-state index in [0.29, 0.717) is 0 Å². The lowest BCUT2D eigenvalue weighted by Crippen LogP contribution is -1.78. The molecule has 1 aromatic rings. The largest absolute Gasteiger partial charge is 0.360 e. The molecule has 0 saturated heterocycles. The molecule has 0 N–H and O–H groups in total. The van der Waals surface area contributed by atoms with Gasteiger partial charge in [-0.1, -0.05) is 17.0 Å². The number of nitrogens with zero attached hydrogens (tertiary/aromatic N) is 1. The Morgan fingerprint density at radius 1 is 1.50 bits per heavy atom. The lowest BCUT2D eigenvalue weighted by molar-refractivity contribution is 0.393. The van der Waals surface area contributed by atoms with Crippen LogP contribution in [0.25, 0.3) is 0 Å². The van der Waals surface area contributed by atoms with Gasteiger partial charge >= 0.3 is 0 Å². The van der Waals surface area contributed by atoms with E-state index in [4.69, 9.17) is 4.52 Å². The number of aryl methyl sites for hydroxylation is 2. The van der Waals surface area contributed by atoms with Gasteiger partial charge in [0.1, 0.15) is 5.76 Å². The van der Waals surface area contributed by atoms with Crippen molar-refractivity contribution in [2.24, 2.45) is 0 Å². The maximum absolute atomic E-state index is 4.95. The van der Waals surface area contributed by atoms with Gasteiger partial charge in [-0.3, -0.25) is 0 Å². The Morgan fingerprint density at radius 3 is 2.75 bits per heavy atom. The molecule has 0 fully saturated rings. The summed E-state index contributed by atoms with van der Waals surface area (Å²) in [7, 11) is 0. The average molecular weight is 181 g/mol. The van der Waals surface area contributed by atoms with E-state index in [9.17, 15) is 0 Å². The van der Waals surface area contributed by atoms with Crippen LogP contribution in [-0.4, -0.2) is 10.9 Å². The zero-order valence-corrected chi connectivity index (χ0v) is 8.11. The Bertz CT molecular complexity index is 300. The van der Waals surface area contributed by atoms with Crippen LogP contribution in [0.4, 0.5) is 0 Å². The molecule has 0 aliphatic carbocycles. The van der Waals surface area contributed by atoms with Crippen LogP contribution < -0.4 is 0 Å². The van der Waals surface area contributed by atoms with E-state index < -0.39 is 0 Å². The molecule has 0 atom stereocenters. The molecule has 0 bridgehead atoms. The fraction of sp³-hybridized carbons (Fsp3) is 0.444. The molecule has 64 valence electrons. The van der Waals surface area contributed by atoms with Gasteiger partial charge in [0.05, 0.1) is 11.3 Å². The quantitative estimate of drug-likeness (QED) is 0.529. The first-order valence-electron chi connectivity index (χ1n) is 3.78. The monoisotopic (exact) mass is 181 g/mol. The van der Waals surface area contributed by atoms with E-state index in [1.165, 1.54) is 0 Å². The van der Waals surface area contributed by atoms with Crippen LogP contribution in [0.1, 0.15) is 23.4 Å². The van der Waals surface area contributed by atoms with Crippen LogP contribution in [-0.2, 0) is 0 Å². The summed E-state index contributed by atoms with van der Waals surface area (Å²) in [5.41, 5.74) is 1.77. The number of rotatable bonds is 1. The summed E-state index contributed by atoms with van der Waals surface area (Å²) in [6.07, 6.45) is 0.799. The van der Waals surface area contributed by atoms with Crippen molar-refractivity contribution in [3.05, 3.63) is 17.0 Å². The predicted octanol–water partition coefficient (Wildman–Crippen LogP) is 1.96. The smallest absolute Gasteiger partial charge is 0.149 e. The van der Waals surface area contributed by atoms with E-state index >= 15 is 0 Å². The molecule has 0 amide bonds. The molecule has 0 aliphatic rings. The number of thiol groups is 1. The zero-order chi connectivity index (χ0) is 8.97. The molecule has 0 aromatic carbocycles. The molecule has 0 spiro atoms. The predicted molar refractivity (Wildman–Crippen MR) is 51.3 cm³/mol. The zero-order valence-electron chi connectivity index (χ0n) is 7.22. The molecular formula is C9H11NOS. The van der Waals surface area contributed by atoms with Crippen LogP contribution in [0.2, 0.25) is 0 Å². The number of aromatic nitrogens is 1. The molecule has 0 saturated carbocycles. The Morgan fingerprint density at radius 2 is 2.25 bits per heavy atom. The highest BCUT2D eigenvalue weighted by Gasteiger charge is 2.04. The van der Waals surface area contributed by atoms with Gasteiger partial charge < -0.3 is 4.52 Å². The Labute approximate surface area is 77.7 Å². The van der Waals surface area contributed by atoms with Gasteiger partial charge in [-0.25, -0.2) is 0 Å². The van der Waals surface area contributed by atoms with Gasteiger partial charge in [0.15, 0.2) is 0 Å². The van der Waals surface area contributed by atoms with Gasteiger partial charge in [0.25, 0.3) is 0 Å². The highest BCUT2D eigenvalue weighted by molar-refractivity contribution is 7.80. The van der Waals surface area contributed by atoms with Crippen molar-refractivity contribution in [1.82, 2.24) is 5.16 Å². The van der Waals surface area contributed by atoms with Crippen LogP contribution in [0.3, 0.4) is 0 Å². The summed E-state index contributed by atoms with van der Waals surface area (Å²) < 4.78 is 4.95. The second-order valence-corrected chi connectivity index (χ2v) is 2.92. The van der Waals surface area contributed by atoms with E-state index in [-0.39, 0.29) is 0 Å². The normalized spacial score (nSPS) is 9.25. The molecule has 2 nitrogen and oxygen atoms in total. The number of hydrogen-bond acceptors (Lipinski definition) is 3. The van der Waals surface area contributed by atoms with Crippen molar-refractivity contribution >= 4 is 12.6 Å². The minimum Gasteiger partial charge on any atom is -0.360 e. The van der Waals surface area contributed by atoms with Gasteiger partial charge in [-0.15, -0.1) is 0 Å².